The normalized spacial score (nSPS) is 10.5. The topological polar surface area (TPSA) is 71.8 Å². The fourth-order valence-corrected chi connectivity index (χ4v) is 1.26. The van der Waals surface area contributed by atoms with Crippen molar-refractivity contribution in [1.82, 2.24) is 9.97 Å². The largest absolute Gasteiger partial charge is 0.354 e. The second kappa shape index (κ2) is 2.55. The maximum absolute atomic E-state index is 10.6. The van der Waals surface area contributed by atoms with Crippen LogP contribution in [0.5, 0.6) is 0 Å². The zero-order chi connectivity index (χ0) is 9.42. The number of fused-ring (bicyclic) bond motifs is 1. The van der Waals surface area contributed by atoms with Crippen LogP contribution in [0.1, 0.15) is 5.69 Å². The number of nitrogens with one attached hydrogen (secondary N) is 1. The summed E-state index contributed by atoms with van der Waals surface area (Å²) in [5, 5.41) is 11.2. The van der Waals surface area contributed by atoms with Crippen molar-refractivity contribution in [3.8, 4) is 0 Å². The van der Waals surface area contributed by atoms with Gasteiger partial charge in [0.1, 0.15) is 0 Å². The van der Waals surface area contributed by atoms with Gasteiger partial charge in [-0.2, -0.15) is 0 Å². The lowest BCUT2D eigenvalue weighted by atomic mass is 10.2. The fraction of sp³-hybridized carbons (Fsp3) is 0.125. The van der Waals surface area contributed by atoms with E-state index in [2.05, 4.69) is 9.97 Å². The van der Waals surface area contributed by atoms with Crippen molar-refractivity contribution in [3.63, 3.8) is 0 Å². The monoisotopic (exact) mass is 177 g/mol. The summed E-state index contributed by atoms with van der Waals surface area (Å²) in [5.41, 5.74) is 1.56. The van der Waals surface area contributed by atoms with E-state index in [1.54, 1.807) is 19.2 Å². The maximum atomic E-state index is 10.6. The molecule has 13 heavy (non-hydrogen) atoms. The molecular weight excluding hydrogens is 170 g/mol. The Morgan fingerprint density at radius 3 is 3.08 bits per heavy atom. The highest BCUT2D eigenvalue weighted by molar-refractivity contribution is 5.88. The number of H-pyrrole nitrogens is 1. The quantitative estimate of drug-likeness (QED) is 0.533. The van der Waals surface area contributed by atoms with Gasteiger partial charge in [-0.15, -0.1) is 0 Å². The van der Waals surface area contributed by atoms with Gasteiger partial charge in [-0.25, -0.2) is 0 Å². The van der Waals surface area contributed by atoms with Crippen LogP contribution in [0.4, 0.5) is 5.69 Å². The van der Waals surface area contributed by atoms with E-state index in [-0.39, 0.29) is 5.69 Å². The van der Waals surface area contributed by atoms with Gasteiger partial charge in [0, 0.05) is 5.69 Å². The molecular formula is C8H7N3O2. The van der Waals surface area contributed by atoms with E-state index in [1.165, 1.54) is 6.20 Å². The molecule has 0 spiro atoms. The molecule has 0 amide bonds. The predicted molar refractivity (Wildman–Crippen MR) is 47.5 cm³/mol. The lowest BCUT2D eigenvalue weighted by Crippen LogP contribution is -1.86. The number of aromatic nitrogens is 2. The number of hydrogen-bond donors (Lipinski definition) is 1. The molecule has 0 aliphatic carbocycles. The third kappa shape index (κ3) is 1.14. The molecule has 0 aliphatic rings. The van der Waals surface area contributed by atoms with Gasteiger partial charge in [-0.05, 0) is 13.0 Å². The van der Waals surface area contributed by atoms with Crippen LogP contribution in [0.25, 0.3) is 10.9 Å². The second-order valence-corrected chi connectivity index (χ2v) is 2.80. The van der Waals surface area contributed by atoms with Crippen LogP contribution in [-0.4, -0.2) is 14.9 Å². The van der Waals surface area contributed by atoms with E-state index >= 15 is 0 Å². The number of hydrogen-bond acceptors (Lipinski definition) is 3. The number of rotatable bonds is 1. The fourth-order valence-electron chi connectivity index (χ4n) is 1.26. The Hall–Kier alpha value is -1.91. The summed E-state index contributed by atoms with van der Waals surface area (Å²) in [6.45, 7) is 1.80. The minimum atomic E-state index is -0.404. The molecule has 0 bridgehead atoms. The summed E-state index contributed by atoms with van der Waals surface area (Å²) in [6, 6.07) is 1.70. The zero-order valence-corrected chi connectivity index (χ0v) is 6.94. The van der Waals surface area contributed by atoms with Crippen molar-refractivity contribution in [1.29, 1.82) is 0 Å². The molecule has 0 saturated heterocycles. The SMILES string of the molecule is Cc1cc2c([N+](=O)[O-])c[nH]c2cn1. The molecule has 2 heterocycles. The molecule has 0 aromatic carbocycles. The van der Waals surface area contributed by atoms with Crippen molar-refractivity contribution < 1.29 is 4.92 Å². The Morgan fingerprint density at radius 1 is 1.62 bits per heavy atom. The van der Waals surface area contributed by atoms with Crippen LogP contribution < -0.4 is 0 Å². The van der Waals surface area contributed by atoms with Gasteiger partial charge in [-0.1, -0.05) is 0 Å². The lowest BCUT2D eigenvalue weighted by molar-refractivity contribution is -0.383. The molecule has 1 N–H and O–H groups in total. The highest BCUT2D eigenvalue weighted by Gasteiger charge is 2.13. The van der Waals surface area contributed by atoms with E-state index < -0.39 is 4.92 Å². The summed E-state index contributed by atoms with van der Waals surface area (Å²) < 4.78 is 0. The molecule has 66 valence electrons. The van der Waals surface area contributed by atoms with Gasteiger partial charge in [-0.3, -0.25) is 15.1 Å². The summed E-state index contributed by atoms with van der Waals surface area (Å²) in [6.07, 6.45) is 2.98. The summed E-state index contributed by atoms with van der Waals surface area (Å²) >= 11 is 0. The molecule has 0 fully saturated rings. The predicted octanol–water partition coefficient (Wildman–Crippen LogP) is 1.78. The summed E-state index contributed by atoms with van der Waals surface area (Å²) in [5.74, 6) is 0. The average molecular weight is 177 g/mol. The van der Waals surface area contributed by atoms with Gasteiger partial charge in [0.2, 0.25) is 0 Å². The van der Waals surface area contributed by atoms with Gasteiger partial charge < -0.3 is 4.98 Å². The molecule has 2 rings (SSSR count). The van der Waals surface area contributed by atoms with Crippen LogP contribution in [0.2, 0.25) is 0 Å². The minimum absolute atomic E-state index is 0.0977. The number of nitrogens with zero attached hydrogens (tertiary/aromatic N) is 2. The zero-order valence-electron chi connectivity index (χ0n) is 6.94. The molecule has 0 atom stereocenters. The lowest BCUT2D eigenvalue weighted by Gasteiger charge is -1.91. The Balaban J connectivity index is 2.79. The molecule has 0 unspecified atom stereocenters. The van der Waals surface area contributed by atoms with Gasteiger partial charge in [0.15, 0.2) is 0 Å². The van der Waals surface area contributed by atoms with Crippen LogP contribution in [0.15, 0.2) is 18.5 Å². The minimum Gasteiger partial charge on any atom is -0.354 e. The molecule has 5 heteroatoms. The van der Waals surface area contributed by atoms with Crippen molar-refractivity contribution in [2.75, 3.05) is 0 Å². The summed E-state index contributed by atoms with van der Waals surface area (Å²) in [4.78, 5) is 17.0. The number of nitro groups is 1. The first kappa shape index (κ1) is 7.72. The molecule has 0 aliphatic heterocycles. The van der Waals surface area contributed by atoms with Crippen LogP contribution in [-0.2, 0) is 0 Å². The Kier molecular flexibility index (Phi) is 1.51. The van der Waals surface area contributed by atoms with Crippen molar-refractivity contribution in [2.45, 2.75) is 6.92 Å². The Bertz CT molecular complexity index is 475. The first-order valence-corrected chi connectivity index (χ1v) is 3.76. The van der Waals surface area contributed by atoms with E-state index in [9.17, 15) is 10.1 Å². The number of pyridine rings is 1. The molecule has 5 nitrogen and oxygen atoms in total. The molecule has 0 saturated carbocycles. The molecule has 2 aromatic heterocycles. The van der Waals surface area contributed by atoms with E-state index in [4.69, 9.17) is 0 Å². The number of aryl methyl sites for hydroxylation is 1. The first-order valence-electron chi connectivity index (χ1n) is 3.76. The van der Waals surface area contributed by atoms with Crippen LogP contribution >= 0.6 is 0 Å². The first-order chi connectivity index (χ1) is 6.18. The second-order valence-electron chi connectivity index (χ2n) is 2.80. The summed E-state index contributed by atoms with van der Waals surface area (Å²) in [7, 11) is 0. The van der Waals surface area contributed by atoms with Crippen LogP contribution in [0, 0.1) is 17.0 Å². The van der Waals surface area contributed by atoms with E-state index in [0.29, 0.717) is 10.9 Å². The Morgan fingerprint density at radius 2 is 2.38 bits per heavy atom. The highest BCUT2D eigenvalue weighted by atomic mass is 16.6. The Labute approximate surface area is 73.6 Å². The third-order valence-corrected chi connectivity index (χ3v) is 1.88. The van der Waals surface area contributed by atoms with Crippen molar-refractivity contribution in [2.24, 2.45) is 0 Å². The van der Waals surface area contributed by atoms with Crippen molar-refractivity contribution >= 4 is 16.6 Å². The maximum Gasteiger partial charge on any atom is 0.294 e. The van der Waals surface area contributed by atoms with E-state index in [0.717, 1.165) is 5.69 Å². The van der Waals surface area contributed by atoms with Crippen LogP contribution in [0.3, 0.4) is 0 Å². The smallest absolute Gasteiger partial charge is 0.294 e. The molecule has 0 radical (unpaired) electrons. The van der Waals surface area contributed by atoms with Gasteiger partial charge >= 0.3 is 0 Å². The van der Waals surface area contributed by atoms with Gasteiger partial charge in [0.25, 0.3) is 5.69 Å². The third-order valence-electron chi connectivity index (χ3n) is 1.88. The molecule has 2 aromatic rings. The standard InChI is InChI=1S/C8H7N3O2/c1-5-2-6-7(3-9-5)10-4-8(6)11(12)13/h2-4,10H,1H3. The van der Waals surface area contributed by atoms with E-state index in [1.807, 2.05) is 0 Å². The average Bonchev–Trinajstić information content (AvgIpc) is 2.46. The van der Waals surface area contributed by atoms with Gasteiger partial charge in [0.05, 0.1) is 28.2 Å². The van der Waals surface area contributed by atoms with Crippen molar-refractivity contribution in [3.05, 3.63) is 34.3 Å². The highest BCUT2D eigenvalue weighted by Crippen LogP contribution is 2.24. The number of aromatic amines is 1.